The molecule has 1 aromatic carbocycles. The van der Waals surface area contributed by atoms with Crippen molar-refractivity contribution in [1.29, 1.82) is 0 Å². The molecule has 1 saturated heterocycles. The largest absolute Gasteiger partial charge is 0.418 e. The van der Waals surface area contributed by atoms with Crippen LogP contribution >= 0.6 is 15.9 Å². The molecule has 2 N–H and O–H groups in total. The molecule has 0 radical (unpaired) electrons. The van der Waals surface area contributed by atoms with E-state index < -0.39 is 11.7 Å². The molecule has 2 nitrogen and oxygen atoms in total. The van der Waals surface area contributed by atoms with Crippen LogP contribution in [0.1, 0.15) is 18.4 Å². The van der Waals surface area contributed by atoms with Crippen molar-refractivity contribution in [2.45, 2.75) is 25.1 Å². The van der Waals surface area contributed by atoms with Crippen LogP contribution in [0.2, 0.25) is 0 Å². The van der Waals surface area contributed by atoms with Gasteiger partial charge in [0.05, 0.1) is 5.56 Å². The van der Waals surface area contributed by atoms with Crippen molar-refractivity contribution in [3.05, 3.63) is 28.2 Å². The maximum atomic E-state index is 12.9. The van der Waals surface area contributed by atoms with Crippen molar-refractivity contribution in [2.24, 2.45) is 0 Å². The van der Waals surface area contributed by atoms with Crippen molar-refractivity contribution >= 4 is 21.6 Å². The highest BCUT2D eigenvalue weighted by molar-refractivity contribution is 9.10. The van der Waals surface area contributed by atoms with Gasteiger partial charge in [-0.3, -0.25) is 0 Å². The average Bonchev–Trinajstić information content (AvgIpc) is 2.79. The molecule has 2 rings (SSSR count). The van der Waals surface area contributed by atoms with E-state index >= 15 is 0 Å². The molecule has 0 bridgehead atoms. The summed E-state index contributed by atoms with van der Waals surface area (Å²) in [4.78, 5) is 0. The summed E-state index contributed by atoms with van der Waals surface area (Å²) in [6.45, 7) is 1.46. The normalized spacial score (nSPS) is 20.1. The molecule has 1 aromatic rings. The molecular formula is C12H14BrF3N2. The zero-order valence-electron chi connectivity index (χ0n) is 9.65. The van der Waals surface area contributed by atoms with Crippen molar-refractivity contribution in [1.82, 2.24) is 5.32 Å². The molecule has 1 fully saturated rings. The number of hydrogen-bond acceptors (Lipinski definition) is 2. The molecule has 0 aromatic heterocycles. The molecular weight excluding hydrogens is 309 g/mol. The van der Waals surface area contributed by atoms with Crippen LogP contribution in [-0.4, -0.2) is 19.1 Å². The number of benzene rings is 1. The first-order chi connectivity index (χ1) is 8.47. The van der Waals surface area contributed by atoms with Gasteiger partial charge in [-0.25, -0.2) is 0 Å². The quantitative estimate of drug-likeness (QED) is 0.888. The number of halogens is 4. The summed E-state index contributed by atoms with van der Waals surface area (Å²) in [5.74, 6) is 0. The maximum Gasteiger partial charge on any atom is 0.418 e. The molecule has 1 aliphatic heterocycles. The highest BCUT2D eigenvalue weighted by atomic mass is 79.9. The third-order valence-corrected chi connectivity index (χ3v) is 3.48. The Morgan fingerprint density at radius 3 is 2.78 bits per heavy atom. The summed E-state index contributed by atoms with van der Waals surface area (Å²) in [5, 5.41) is 6.13. The molecule has 1 unspecified atom stereocenters. The molecule has 1 aliphatic rings. The summed E-state index contributed by atoms with van der Waals surface area (Å²) >= 11 is 3.07. The Labute approximate surface area is 112 Å². The lowest BCUT2D eigenvalue weighted by molar-refractivity contribution is -0.137. The lowest BCUT2D eigenvalue weighted by Crippen LogP contribution is -2.29. The lowest BCUT2D eigenvalue weighted by atomic mass is 10.1. The van der Waals surface area contributed by atoms with Crippen molar-refractivity contribution in [3.8, 4) is 0 Å². The van der Waals surface area contributed by atoms with Gasteiger partial charge in [-0.2, -0.15) is 13.2 Å². The maximum absolute atomic E-state index is 12.9. The second kappa shape index (κ2) is 5.48. The predicted molar refractivity (Wildman–Crippen MR) is 68.7 cm³/mol. The van der Waals surface area contributed by atoms with Crippen LogP contribution < -0.4 is 10.6 Å². The zero-order valence-corrected chi connectivity index (χ0v) is 11.2. The number of alkyl halides is 3. The van der Waals surface area contributed by atoms with E-state index in [1.54, 1.807) is 6.07 Å². The number of rotatable bonds is 3. The van der Waals surface area contributed by atoms with Crippen LogP contribution in [0, 0.1) is 0 Å². The Kier molecular flexibility index (Phi) is 4.17. The smallest absolute Gasteiger partial charge is 0.383 e. The van der Waals surface area contributed by atoms with E-state index in [2.05, 4.69) is 26.6 Å². The molecule has 0 aliphatic carbocycles. The van der Waals surface area contributed by atoms with Gasteiger partial charge in [0.15, 0.2) is 0 Å². The molecule has 1 atom stereocenters. The Hall–Kier alpha value is -0.750. The molecule has 6 heteroatoms. The van der Waals surface area contributed by atoms with Crippen LogP contribution in [0.25, 0.3) is 0 Å². The standard InChI is InChI=1S/C12H14BrF3N2/c13-8-3-4-11(10(6-8)12(14,15)16)18-7-9-2-1-5-17-9/h3-4,6,9,17-18H,1-2,5,7H2. The topological polar surface area (TPSA) is 24.1 Å². The summed E-state index contributed by atoms with van der Waals surface area (Å²) in [7, 11) is 0. The monoisotopic (exact) mass is 322 g/mol. The Morgan fingerprint density at radius 2 is 2.17 bits per heavy atom. The van der Waals surface area contributed by atoms with Crippen LogP contribution in [0.5, 0.6) is 0 Å². The van der Waals surface area contributed by atoms with Gasteiger partial charge < -0.3 is 10.6 Å². The Balaban J connectivity index is 2.11. The second-order valence-corrected chi connectivity index (χ2v) is 5.28. The van der Waals surface area contributed by atoms with Crippen LogP contribution in [0.3, 0.4) is 0 Å². The van der Waals surface area contributed by atoms with E-state index in [1.165, 1.54) is 6.07 Å². The van der Waals surface area contributed by atoms with Gasteiger partial charge >= 0.3 is 6.18 Å². The van der Waals surface area contributed by atoms with Gasteiger partial charge in [-0.1, -0.05) is 15.9 Å². The van der Waals surface area contributed by atoms with E-state index in [1.807, 2.05) is 0 Å². The summed E-state index contributed by atoms with van der Waals surface area (Å²) in [5.41, 5.74) is -0.491. The van der Waals surface area contributed by atoms with Crippen molar-refractivity contribution < 1.29 is 13.2 Å². The first kappa shape index (κ1) is 13.7. The fourth-order valence-electron chi connectivity index (χ4n) is 2.07. The number of anilines is 1. The average molecular weight is 323 g/mol. The van der Waals surface area contributed by atoms with Crippen LogP contribution in [0.4, 0.5) is 18.9 Å². The first-order valence-corrected chi connectivity index (χ1v) is 6.60. The fraction of sp³-hybridized carbons (Fsp3) is 0.500. The van der Waals surface area contributed by atoms with E-state index in [-0.39, 0.29) is 11.7 Å². The predicted octanol–water partition coefficient (Wildman–Crippen LogP) is 3.63. The van der Waals surface area contributed by atoms with Crippen LogP contribution in [-0.2, 0) is 6.18 Å². The fourth-order valence-corrected chi connectivity index (χ4v) is 2.43. The van der Waals surface area contributed by atoms with Crippen molar-refractivity contribution in [3.63, 3.8) is 0 Å². The highest BCUT2D eigenvalue weighted by Gasteiger charge is 2.33. The Morgan fingerprint density at radius 1 is 1.39 bits per heavy atom. The molecule has 0 amide bonds. The molecule has 100 valence electrons. The van der Waals surface area contributed by atoms with Gasteiger partial charge in [0, 0.05) is 22.7 Å². The highest BCUT2D eigenvalue weighted by Crippen LogP contribution is 2.36. The van der Waals surface area contributed by atoms with E-state index in [0.717, 1.165) is 25.5 Å². The minimum Gasteiger partial charge on any atom is -0.383 e. The lowest BCUT2D eigenvalue weighted by Gasteiger charge is -2.17. The molecule has 0 saturated carbocycles. The van der Waals surface area contributed by atoms with E-state index in [0.29, 0.717) is 11.0 Å². The number of hydrogen-bond donors (Lipinski definition) is 2. The van der Waals surface area contributed by atoms with E-state index in [4.69, 9.17) is 0 Å². The van der Waals surface area contributed by atoms with Crippen molar-refractivity contribution in [2.75, 3.05) is 18.4 Å². The molecule has 18 heavy (non-hydrogen) atoms. The molecule has 0 spiro atoms. The first-order valence-electron chi connectivity index (χ1n) is 5.81. The number of nitrogens with one attached hydrogen (secondary N) is 2. The third-order valence-electron chi connectivity index (χ3n) is 2.99. The zero-order chi connectivity index (χ0) is 13.2. The molecule has 1 heterocycles. The summed E-state index contributed by atoms with van der Waals surface area (Å²) < 4.78 is 39.0. The van der Waals surface area contributed by atoms with Gasteiger partial charge in [0.25, 0.3) is 0 Å². The van der Waals surface area contributed by atoms with Gasteiger partial charge in [0.2, 0.25) is 0 Å². The SMILES string of the molecule is FC(F)(F)c1cc(Br)ccc1NCC1CCCN1. The van der Waals surface area contributed by atoms with Gasteiger partial charge in [-0.05, 0) is 37.6 Å². The third kappa shape index (κ3) is 3.38. The van der Waals surface area contributed by atoms with Crippen LogP contribution in [0.15, 0.2) is 22.7 Å². The Bertz CT molecular complexity index is 414. The summed E-state index contributed by atoms with van der Waals surface area (Å²) in [6, 6.07) is 4.43. The minimum absolute atomic E-state index is 0.138. The minimum atomic E-state index is -4.34. The van der Waals surface area contributed by atoms with Gasteiger partial charge in [-0.15, -0.1) is 0 Å². The summed E-state index contributed by atoms with van der Waals surface area (Å²) in [6.07, 6.45) is -2.25. The van der Waals surface area contributed by atoms with E-state index in [9.17, 15) is 13.2 Å². The van der Waals surface area contributed by atoms with Gasteiger partial charge in [0.1, 0.15) is 0 Å². The second-order valence-electron chi connectivity index (χ2n) is 4.36.